The van der Waals surface area contributed by atoms with E-state index in [0.29, 0.717) is 13.2 Å². The summed E-state index contributed by atoms with van der Waals surface area (Å²) in [5.74, 6) is 0. The van der Waals surface area contributed by atoms with Gasteiger partial charge in [0.25, 0.3) is 0 Å². The van der Waals surface area contributed by atoms with Crippen LogP contribution in [0.2, 0.25) is 0 Å². The van der Waals surface area contributed by atoms with Crippen molar-refractivity contribution in [1.29, 1.82) is 0 Å². The number of nitrogens with zero attached hydrogens (tertiary/aromatic N) is 1. The van der Waals surface area contributed by atoms with Gasteiger partial charge in [0.1, 0.15) is 6.61 Å². The molecule has 1 unspecified atom stereocenters. The fraction of sp³-hybridized carbons (Fsp3) is 0.316. The molecule has 1 amide bonds. The fourth-order valence-corrected chi connectivity index (χ4v) is 2.97. The van der Waals surface area contributed by atoms with Crippen molar-refractivity contribution in [2.75, 3.05) is 13.2 Å². The van der Waals surface area contributed by atoms with E-state index in [2.05, 4.69) is 36.4 Å². The van der Waals surface area contributed by atoms with Gasteiger partial charge >= 0.3 is 6.09 Å². The van der Waals surface area contributed by atoms with E-state index in [1.165, 1.54) is 11.1 Å². The van der Waals surface area contributed by atoms with Crippen LogP contribution < -0.4 is 0 Å². The Bertz CT molecular complexity index is 597. The minimum absolute atomic E-state index is 0.172. The summed E-state index contributed by atoms with van der Waals surface area (Å²) in [5.41, 5.74) is 2.58. The van der Waals surface area contributed by atoms with Crippen molar-refractivity contribution in [3.8, 4) is 0 Å². The van der Waals surface area contributed by atoms with Crippen LogP contribution in [0, 0.1) is 0 Å². The van der Waals surface area contributed by atoms with E-state index in [-0.39, 0.29) is 12.1 Å². The van der Waals surface area contributed by atoms with Crippen molar-refractivity contribution < 1.29 is 9.53 Å². The molecule has 0 spiro atoms. The van der Waals surface area contributed by atoms with Crippen LogP contribution in [-0.2, 0) is 17.6 Å². The molecule has 3 nitrogen and oxygen atoms in total. The summed E-state index contributed by atoms with van der Waals surface area (Å²) < 4.78 is 5.12. The van der Waals surface area contributed by atoms with E-state index in [4.69, 9.17) is 4.74 Å². The van der Waals surface area contributed by atoms with E-state index in [1.807, 2.05) is 29.2 Å². The Morgan fingerprint density at radius 3 is 2.18 bits per heavy atom. The molecule has 1 aliphatic rings. The van der Waals surface area contributed by atoms with E-state index in [1.54, 1.807) is 0 Å². The number of amides is 1. The molecule has 0 aliphatic carbocycles. The predicted octanol–water partition coefficient (Wildman–Crippen LogP) is 3.68. The summed E-state index contributed by atoms with van der Waals surface area (Å²) >= 11 is 0. The second-order valence-electron chi connectivity index (χ2n) is 5.68. The third-order valence-corrected chi connectivity index (χ3v) is 4.16. The van der Waals surface area contributed by atoms with E-state index >= 15 is 0 Å². The summed E-state index contributed by atoms with van der Waals surface area (Å²) in [6.45, 7) is 1.21. The molecule has 1 aliphatic heterocycles. The molecule has 1 fully saturated rings. The van der Waals surface area contributed by atoms with Crippen LogP contribution in [0.25, 0.3) is 0 Å². The van der Waals surface area contributed by atoms with Gasteiger partial charge in [-0.1, -0.05) is 60.7 Å². The molecule has 0 bridgehead atoms. The molecule has 2 aromatic rings. The van der Waals surface area contributed by atoms with E-state index in [9.17, 15) is 4.79 Å². The van der Waals surface area contributed by atoms with Gasteiger partial charge in [-0.25, -0.2) is 4.79 Å². The molecule has 0 radical (unpaired) electrons. The van der Waals surface area contributed by atoms with Gasteiger partial charge in [0.2, 0.25) is 0 Å². The number of ether oxygens (including phenoxy) is 1. The Balaban J connectivity index is 1.69. The molecule has 1 heterocycles. The van der Waals surface area contributed by atoms with Crippen molar-refractivity contribution in [2.45, 2.75) is 25.3 Å². The summed E-state index contributed by atoms with van der Waals surface area (Å²) in [5, 5.41) is 0. The van der Waals surface area contributed by atoms with Crippen molar-refractivity contribution in [2.24, 2.45) is 0 Å². The topological polar surface area (TPSA) is 29.5 Å². The molecule has 0 aromatic heterocycles. The second kappa shape index (κ2) is 7.12. The molecular weight excluding hydrogens is 274 g/mol. The molecule has 3 heteroatoms. The molecule has 1 atom stereocenters. The Labute approximate surface area is 131 Å². The van der Waals surface area contributed by atoms with Gasteiger partial charge in [-0.05, 0) is 30.4 Å². The van der Waals surface area contributed by atoms with E-state index < -0.39 is 0 Å². The molecule has 22 heavy (non-hydrogen) atoms. The van der Waals surface area contributed by atoms with Crippen LogP contribution >= 0.6 is 0 Å². The normalized spacial score (nSPS) is 15.6. The average Bonchev–Trinajstić information content (AvgIpc) is 2.99. The van der Waals surface area contributed by atoms with Crippen LogP contribution in [0.3, 0.4) is 0 Å². The molecule has 0 saturated carbocycles. The Morgan fingerprint density at radius 1 is 0.955 bits per heavy atom. The standard InChI is InChI=1S/C19H21NO2/c21-19-20(13-14-22-19)18(15-17-9-5-2-6-10-17)12-11-16-7-3-1-4-8-16/h1-10,18H,11-15H2. The quantitative estimate of drug-likeness (QED) is 0.813. The first-order valence-corrected chi connectivity index (χ1v) is 7.84. The summed E-state index contributed by atoms with van der Waals surface area (Å²) in [4.78, 5) is 13.8. The second-order valence-corrected chi connectivity index (χ2v) is 5.68. The van der Waals surface area contributed by atoms with Gasteiger partial charge < -0.3 is 9.64 Å². The minimum atomic E-state index is -0.172. The Morgan fingerprint density at radius 2 is 1.59 bits per heavy atom. The van der Waals surface area contributed by atoms with Gasteiger partial charge in [-0.3, -0.25) is 0 Å². The molecule has 0 N–H and O–H groups in total. The first-order valence-electron chi connectivity index (χ1n) is 7.84. The first kappa shape index (κ1) is 14.6. The molecule has 114 valence electrons. The number of rotatable bonds is 6. The zero-order chi connectivity index (χ0) is 15.2. The maximum Gasteiger partial charge on any atom is 0.410 e. The maximum atomic E-state index is 11.9. The first-order chi connectivity index (χ1) is 10.8. The van der Waals surface area contributed by atoms with Crippen LogP contribution in [0.5, 0.6) is 0 Å². The highest BCUT2D eigenvalue weighted by molar-refractivity contribution is 5.69. The Kier molecular flexibility index (Phi) is 4.74. The maximum absolute atomic E-state index is 11.9. The zero-order valence-corrected chi connectivity index (χ0v) is 12.7. The molecule has 3 rings (SSSR count). The highest BCUT2D eigenvalue weighted by Gasteiger charge is 2.29. The number of benzene rings is 2. The third-order valence-electron chi connectivity index (χ3n) is 4.16. The lowest BCUT2D eigenvalue weighted by Gasteiger charge is -2.26. The number of hydrogen-bond acceptors (Lipinski definition) is 2. The minimum Gasteiger partial charge on any atom is -0.448 e. The molecule has 2 aromatic carbocycles. The van der Waals surface area contributed by atoms with Crippen LogP contribution in [0.1, 0.15) is 17.5 Å². The lowest BCUT2D eigenvalue weighted by molar-refractivity contribution is 0.146. The van der Waals surface area contributed by atoms with Crippen LogP contribution in [0.4, 0.5) is 4.79 Å². The highest BCUT2D eigenvalue weighted by Crippen LogP contribution is 2.19. The summed E-state index contributed by atoms with van der Waals surface area (Å²) in [7, 11) is 0. The van der Waals surface area contributed by atoms with Crippen LogP contribution in [0.15, 0.2) is 60.7 Å². The SMILES string of the molecule is O=C1OCCN1C(CCc1ccccc1)Cc1ccccc1. The van der Waals surface area contributed by atoms with Gasteiger partial charge in [0.15, 0.2) is 0 Å². The average molecular weight is 295 g/mol. The molecule has 1 saturated heterocycles. The molecular formula is C19H21NO2. The van der Waals surface area contributed by atoms with Gasteiger partial charge in [-0.15, -0.1) is 0 Å². The van der Waals surface area contributed by atoms with E-state index in [0.717, 1.165) is 19.3 Å². The third kappa shape index (κ3) is 3.67. The zero-order valence-electron chi connectivity index (χ0n) is 12.7. The van der Waals surface area contributed by atoms with Crippen molar-refractivity contribution in [1.82, 2.24) is 4.90 Å². The lowest BCUT2D eigenvalue weighted by atomic mass is 9.98. The highest BCUT2D eigenvalue weighted by atomic mass is 16.6. The van der Waals surface area contributed by atoms with Gasteiger partial charge in [0, 0.05) is 6.04 Å². The number of carbonyl (C=O) groups excluding carboxylic acids is 1. The lowest BCUT2D eigenvalue weighted by Crippen LogP contribution is -2.38. The monoisotopic (exact) mass is 295 g/mol. The smallest absolute Gasteiger partial charge is 0.410 e. The largest absolute Gasteiger partial charge is 0.448 e. The van der Waals surface area contributed by atoms with Crippen molar-refractivity contribution >= 4 is 6.09 Å². The van der Waals surface area contributed by atoms with Crippen molar-refractivity contribution in [3.05, 3.63) is 71.8 Å². The Hall–Kier alpha value is -2.29. The number of aryl methyl sites for hydroxylation is 1. The number of cyclic esters (lactones) is 1. The summed E-state index contributed by atoms with van der Waals surface area (Å²) in [6.07, 6.45) is 2.63. The predicted molar refractivity (Wildman–Crippen MR) is 86.8 cm³/mol. The van der Waals surface area contributed by atoms with Gasteiger partial charge in [0.05, 0.1) is 6.54 Å². The van der Waals surface area contributed by atoms with Gasteiger partial charge in [-0.2, -0.15) is 0 Å². The fourth-order valence-electron chi connectivity index (χ4n) is 2.97. The number of carbonyl (C=O) groups is 1. The number of hydrogen-bond donors (Lipinski definition) is 0. The van der Waals surface area contributed by atoms with Crippen molar-refractivity contribution in [3.63, 3.8) is 0 Å². The summed E-state index contributed by atoms with van der Waals surface area (Å²) in [6, 6.07) is 21.0. The van der Waals surface area contributed by atoms with Crippen LogP contribution in [-0.4, -0.2) is 30.2 Å².